The average Bonchev–Trinajstić information content (AvgIpc) is 2.98. The van der Waals surface area contributed by atoms with Crippen LogP contribution in [0.15, 0.2) is 85.1 Å². The molecule has 0 saturated heterocycles. The van der Waals surface area contributed by atoms with Crippen LogP contribution in [0, 0.1) is 6.92 Å². The number of rotatable bonds is 15. The van der Waals surface area contributed by atoms with Crippen molar-refractivity contribution >= 4 is 23.0 Å². The molecule has 6 heteroatoms. The molecule has 0 radical (unpaired) electrons. The lowest BCUT2D eigenvalue weighted by molar-refractivity contribution is -0.106. The topological polar surface area (TPSA) is 92.1 Å². The number of primary amides is 1. The van der Waals surface area contributed by atoms with Crippen LogP contribution in [-0.4, -0.2) is 38.1 Å². The molecule has 1 atom stereocenters. The van der Waals surface area contributed by atoms with Crippen molar-refractivity contribution in [2.24, 2.45) is 5.73 Å². The van der Waals surface area contributed by atoms with E-state index in [0.717, 1.165) is 38.3 Å². The van der Waals surface area contributed by atoms with E-state index >= 15 is 0 Å². The molecule has 1 heterocycles. The quantitative estimate of drug-likeness (QED) is 0.101. The second-order valence-corrected chi connectivity index (χ2v) is 10.1. The number of amides is 1. The molecule has 4 rings (SSSR count). The Morgan fingerprint density at radius 3 is 2.33 bits per heavy atom. The van der Waals surface area contributed by atoms with Gasteiger partial charge in [0.2, 0.25) is 6.41 Å². The maximum Gasteiger partial charge on any atom is 0.204 e. The van der Waals surface area contributed by atoms with E-state index in [4.69, 9.17) is 4.79 Å². The van der Waals surface area contributed by atoms with Gasteiger partial charge < -0.3 is 21.7 Å². The first-order valence-corrected chi connectivity index (χ1v) is 14.4. The SMILES string of the molecule is CNCCCC(NCCCCCCNc1cc(C)ccn1)c1ccc(-c2cccc3ccccc23)cc1.NC=O. The number of anilines is 1. The highest BCUT2D eigenvalue weighted by Crippen LogP contribution is 2.30. The molecular weight excluding hydrogens is 494 g/mol. The second-order valence-electron chi connectivity index (χ2n) is 10.1. The molecule has 1 aromatic heterocycles. The maximum atomic E-state index is 8.58. The van der Waals surface area contributed by atoms with Gasteiger partial charge >= 0.3 is 0 Å². The Bertz CT molecular complexity index is 1270. The van der Waals surface area contributed by atoms with Crippen molar-refractivity contribution < 1.29 is 4.79 Å². The van der Waals surface area contributed by atoms with Gasteiger partial charge in [-0.3, -0.25) is 4.79 Å². The number of aryl methyl sites for hydroxylation is 1. The van der Waals surface area contributed by atoms with E-state index in [0.29, 0.717) is 6.04 Å². The van der Waals surface area contributed by atoms with Crippen molar-refractivity contribution in [3.63, 3.8) is 0 Å². The molecule has 0 aliphatic heterocycles. The number of carbonyl (C=O) groups excluding carboxylic acids is 1. The lowest BCUT2D eigenvalue weighted by Gasteiger charge is -2.20. The monoisotopic (exact) mass is 539 g/mol. The Labute approximate surface area is 239 Å². The number of hydrogen-bond acceptors (Lipinski definition) is 5. The van der Waals surface area contributed by atoms with Gasteiger partial charge in [0.15, 0.2) is 0 Å². The summed E-state index contributed by atoms with van der Waals surface area (Å²) in [7, 11) is 2.03. The van der Waals surface area contributed by atoms with Crippen molar-refractivity contribution in [3.8, 4) is 11.1 Å². The molecule has 0 aliphatic rings. The zero-order valence-electron chi connectivity index (χ0n) is 24.0. The molecular formula is C34H45N5O. The van der Waals surface area contributed by atoms with Gasteiger partial charge in [0.1, 0.15) is 5.82 Å². The minimum atomic E-state index is 0.250. The second kappa shape index (κ2) is 17.8. The highest BCUT2D eigenvalue weighted by Gasteiger charge is 2.11. The Morgan fingerprint density at radius 1 is 0.850 bits per heavy atom. The van der Waals surface area contributed by atoms with E-state index < -0.39 is 0 Å². The number of aromatic nitrogens is 1. The first-order valence-electron chi connectivity index (χ1n) is 14.4. The third-order valence-corrected chi connectivity index (χ3v) is 7.05. The van der Waals surface area contributed by atoms with Crippen LogP contribution in [0.2, 0.25) is 0 Å². The number of nitrogens with one attached hydrogen (secondary N) is 3. The number of hydrogen-bond donors (Lipinski definition) is 4. The molecule has 212 valence electrons. The predicted molar refractivity (Wildman–Crippen MR) is 169 cm³/mol. The number of benzene rings is 3. The Kier molecular flexibility index (Phi) is 13.7. The van der Waals surface area contributed by atoms with Crippen LogP contribution in [0.1, 0.15) is 55.7 Å². The summed E-state index contributed by atoms with van der Waals surface area (Å²) in [5, 5.41) is 13.2. The highest BCUT2D eigenvalue weighted by atomic mass is 16.1. The van der Waals surface area contributed by atoms with E-state index in [-0.39, 0.29) is 6.41 Å². The fraction of sp³-hybridized carbons (Fsp3) is 0.353. The standard InChI is InChI=1S/C33H42N4.CH3NO/c1-26-20-24-37-33(25-26)36-23-8-4-3-7-22-35-32(15-10-21-34-2)29-18-16-28(17-19-29)31-14-9-12-27-11-5-6-13-30(27)31;2-1-3/h5-6,9,11-14,16-20,24-25,32,34-35H,3-4,7-8,10,15,21-23H2,1-2H3,(H,36,37);1H,(H2,2,3). The number of fused-ring (bicyclic) bond motifs is 1. The largest absolute Gasteiger partial charge is 0.372 e. The van der Waals surface area contributed by atoms with Gasteiger partial charge in [-0.1, -0.05) is 79.6 Å². The predicted octanol–water partition coefficient (Wildman–Crippen LogP) is 6.61. The van der Waals surface area contributed by atoms with Gasteiger partial charge in [-0.05, 0) is 97.9 Å². The lowest BCUT2D eigenvalue weighted by atomic mass is 9.95. The summed E-state index contributed by atoms with van der Waals surface area (Å²) in [6.45, 7) is 5.20. The highest BCUT2D eigenvalue weighted by molar-refractivity contribution is 5.96. The van der Waals surface area contributed by atoms with Crippen molar-refractivity contribution in [1.29, 1.82) is 0 Å². The third-order valence-electron chi connectivity index (χ3n) is 7.05. The van der Waals surface area contributed by atoms with Gasteiger partial charge in [0.05, 0.1) is 0 Å². The van der Waals surface area contributed by atoms with E-state index in [1.807, 2.05) is 19.3 Å². The smallest absolute Gasteiger partial charge is 0.204 e. The molecule has 0 aliphatic carbocycles. The van der Waals surface area contributed by atoms with Gasteiger partial charge in [-0.15, -0.1) is 0 Å². The molecule has 6 nitrogen and oxygen atoms in total. The Morgan fingerprint density at radius 2 is 1.57 bits per heavy atom. The number of pyridine rings is 1. The molecule has 40 heavy (non-hydrogen) atoms. The van der Waals surface area contributed by atoms with Crippen LogP contribution in [0.5, 0.6) is 0 Å². The minimum absolute atomic E-state index is 0.250. The molecule has 0 spiro atoms. The van der Waals surface area contributed by atoms with Crippen LogP contribution < -0.4 is 21.7 Å². The van der Waals surface area contributed by atoms with Gasteiger partial charge in [-0.2, -0.15) is 0 Å². The van der Waals surface area contributed by atoms with Crippen molar-refractivity contribution in [3.05, 3.63) is 96.2 Å². The summed E-state index contributed by atoms with van der Waals surface area (Å²) in [6, 6.07) is 29.0. The summed E-state index contributed by atoms with van der Waals surface area (Å²) < 4.78 is 0. The van der Waals surface area contributed by atoms with E-state index in [1.54, 1.807) is 0 Å². The fourth-order valence-corrected chi connectivity index (χ4v) is 4.97. The van der Waals surface area contributed by atoms with Crippen molar-refractivity contribution in [1.82, 2.24) is 15.6 Å². The number of unbranched alkanes of at least 4 members (excludes halogenated alkanes) is 3. The van der Waals surface area contributed by atoms with Gasteiger partial charge in [0.25, 0.3) is 0 Å². The van der Waals surface area contributed by atoms with Crippen molar-refractivity contribution in [2.45, 2.75) is 51.5 Å². The normalized spacial score (nSPS) is 11.4. The average molecular weight is 540 g/mol. The van der Waals surface area contributed by atoms with Crippen LogP contribution in [0.25, 0.3) is 21.9 Å². The fourth-order valence-electron chi connectivity index (χ4n) is 4.97. The zero-order valence-corrected chi connectivity index (χ0v) is 24.0. The maximum absolute atomic E-state index is 8.58. The lowest BCUT2D eigenvalue weighted by Crippen LogP contribution is -2.23. The zero-order chi connectivity index (χ0) is 28.4. The molecule has 0 fully saturated rings. The molecule has 5 N–H and O–H groups in total. The van der Waals surface area contributed by atoms with Crippen LogP contribution in [-0.2, 0) is 4.79 Å². The molecule has 1 unspecified atom stereocenters. The molecule has 0 bridgehead atoms. The summed E-state index contributed by atoms with van der Waals surface area (Å²) in [6.07, 6.45) is 9.30. The van der Waals surface area contributed by atoms with Crippen LogP contribution >= 0.6 is 0 Å². The molecule has 0 saturated carbocycles. The summed E-state index contributed by atoms with van der Waals surface area (Å²) in [4.78, 5) is 13.0. The molecule has 3 aromatic carbocycles. The van der Waals surface area contributed by atoms with Crippen LogP contribution in [0.4, 0.5) is 5.82 Å². The number of nitrogens with zero attached hydrogens (tertiary/aromatic N) is 1. The van der Waals surface area contributed by atoms with Crippen LogP contribution in [0.3, 0.4) is 0 Å². The molecule has 1 amide bonds. The number of carbonyl (C=O) groups is 1. The third kappa shape index (κ3) is 10.1. The van der Waals surface area contributed by atoms with E-state index in [1.165, 1.54) is 58.7 Å². The van der Waals surface area contributed by atoms with Gasteiger partial charge in [-0.25, -0.2) is 4.98 Å². The Hall–Kier alpha value is -3.74. The summed E-state index contributed by atoms with van der Waals surface area (Å²) >= 11 is 0. The first-order chi connectivity index (χ1) is 19.7. The minimum Gasteiger partial charge on any atom is -0.372 e. The Balaban J connectivity index is 0.00000141. The number of nitrogens with two attached hydrogens (primary N) is 1. The summed E-state index contributed by atoms with van der Waals surface area (Å²) in [5.74, 6) is 0.984. The molecule has 4 aromatic rings. The van der Waals surface area contributed by atoms with Crippen molar-refractivity contribution in [2.75, 3.05) is 32.0 Å². The van der Waals surface area contributed by atoms with E-state index in [9.17, 15) is 0 Å². The van der Waals surface area contributed by atoms with E-state index in [2.05, 4.69) is 106 Å². The first kappa shape index (κ1) is 30.8. The van der Waals surface area contributed by atoms with Gasteiger partial charge in [0, 0.05) is 18.8 Å². The summed E-state index contributed by atoms with van der Waals surface area (Å²) in [5.41, 5.74) is 9.38.